The van der Waals surface area contributed by atoms with Gasteiger partial charge in [-0.2, -0.15) is 0 Å². The Balaban J connectivity index is 1.70. The van der Waals surface area contributed by atoms with E-state index in [1.807, 2.05) is 42.5 Å². The molecule has 0 fully saturated rings. The van der Waals surface area contributed by atoms with Gasteiger partial charge in [0.1, 0.15) is 23.7 Å². The molecule has 4 aromatic rings. The van der Waals surface area contributed by atoms with Gasteiger partial charge in [0.05, 0.1) is 12.0 Å². The Morgan fingerprint density at radius 3 is 2.80 bits per heavy atom. The van der Waals surface area contributed by atoms with Gasteiger partial charge >= 0.3 is 0 Å². The van der Waals surface area contributed by atoms with Gasteiger partial charge in [0.2, 0.25) is 0 Å². The number of ketones is 1. The van der Waals surface area contributed by atoms with Gasteiger partial charge in [-0.1, -0.05) is 18.2 Å². The molecule has 0 bridgehead atoms. The molecule has 30 heavy (non-hydrogen) atoms. The number of ether oxygens (including phenoxy) is 1. The third kappa shape index (κ3) is 3.95. The number of nitrogens with zero attached hydrogens (tertiary/aromatic N) is 1. The molecule has 152 valence electrons. The molecule has 6 heteroatoms. The van der Waals surface area contributed by atoms with E-state index in [9.17, 15) is 9.18 Å². The van der Waals surface area contributed by atoms with E-state index in [0.29, 0.717) is 28.9 Å². The van der Waals surface area contributed by atoms with E-state index in [-0.39, 0.29) is 24.6 Å². The lowest BCUT2D eigenvalue weighted by Gasteiger charge is -2.13. The van der Waals surface area contributed by atoms with Crippen LogP contribution < -0.4 is 10.5 Å². The second kappa shape index (κ2) is 8.47. The van der Waals surface area contributed by atoms with Crippen LogP contribution in [0.3, 0.4) is 0 Å². The number of carbonyl (C=O) groups is 1. The molecular weight excluding hydrogens is 383 g/mol. The Bertz CT molecular complexity index is 1220. The van der Waals surface area contributed by atoms with Gasteiger partial charge in [0, 0.05) is 41.2 Å². The van der Waals surface area contributed by atoms with Crippen molar-refractivity contribution in [1.29, 1.82) is 0 Å². The molecule has 2 aromatic heterocycles. The summed E-state index contributed by atoms with van der Waals surface area (Å²) in [5.74, 6) is 0.265. The van der Waals surface area contributed by atoms with E-state index in [2.05, 4.69) is 4.98 Å². The highest BCUT2D eigenvalue weighted by atomic mass is 19.1. The number of rotatable bonds is 7. The number of benzene rings is 2. The Morgan fingerprint density at radius 2 is 2.00 bits per heavy atom. The van der Waals surface area contributed by atoms with Crippen LogP contribution in [-0.2, 0) is 24.4 Å². The van der Waals surface area contributed by atoms with E-state index < -0.39 is 5.82 Å². The van der Waals surface area contributed by atoms with Crippen LogP contribution >= 0.6 is 0 Å². The summed E-state index contributed by atoms with van der Waals surface area (Å²) in [6.07, 6.45) is 3.42. The number of furan rings is 1. The molecule has 0 saturated carbocycles. The number of fused-ring (bicyclic) bond motifs is 1. The molecule has 2 aromatic carbocycles. The number of Topliss-reactive ketones (excluding diaryl/α,β-unsaturated/α-hetero) is 1. The summed E-state index contributed by atoms with van der Waals surface area (Å²) in [5, 5.41) is 0.841. The molecule has 2 heterocycles. The lowest BCUT2D eigenvalue weighted by Crippen LogP contribution is -2.04. The fraction of sp³-hybridized carbons (Fsp3) is 0.167. The lowest BCUT2D eigenvalue weighted by molar-refractivity contribution is -0.116. The predicted molar refractivity (Wildman–Crippen MR) is 112 cm³/mol. The van der Waals surface area contributed by atoms with Gasteiger partial charge in [-0.15, -0.1) is 0 Å². The van der Waals surface area contributed by atoms with Gasteiger partial charge in [-0.05, 0) is 42.8 Å². The van der Waals surface area contributed by atoms with Gasteiger partial charge in [0.25, 0.3) is 0 Å². The van der Waals surface area contributed by atoms with E-state index in [0.717, 1.165) is 16.5 Å². The van der Waals surface area contributed by atoms with Gasteiger partial charge < -0.3 is 14.9 Å². The quantitative estimate of drug-likeness (QED) is 0.479. The molecule has 0 aliphatic rings. The molecular formula is C24H21FN2O3. The number of aromatic nitrogens is 1. The van der Waals surface area contributed by atoms with Crippen LogP contribution in [0.4, 0.5) is 4.39 Å². The summed E-state index contributed by atoms with van der Waals surface area (Å²) >= 11 is 0. The second-order valence-electron chi connectivity index (χ2n) is 7.08. The number of pyridine rings is 1. The molecule has 0 unspecified atom stereocenters. The number of para-hydroxylation sites is 1. The molecule has 2 N–H and O–H groups in total. The van der Waals surface area contributed by atoms with E-state index in [1.54, 1.807) is 19.3 Å². The third-order valence-corrected chi connectivity index (χ3v) is 4.86. The molecule has 0 atom stereocenters. The molecule has 0 radical (unpaired) electrons. The zero-order valence-corrected chi connectivity index (χ0v) is 16.5. The van der Waals surface area contributed by atoms with E-state index >= 15 is 0 Å². The maximum absolute atomic E-state index is 14.9. The standard InChI is InChI=1S/C24H21FN2O3/c1-15(28)10-17-4-2-3-5-22(17)30-14-16-11-18-7-9-29-24(18)20(12-16)19-6-8-27-21(13-26)23(19)25/h2-9,11-12H,10,13-14,26H2,1H3. The SMILES string of the molecule is CC(=O)Cc1ccccc1OCc1cc(-c2ccnc(CN)c2F)c2occc2c1. The summed E-state index contributed by atoms with van der Waals surface area (Å²) in [4.78, 5) is 15.5. The first kappa shape index (κ1) is 19.8. The maximum Gasteiger partial charge on any atom is 0.153 e. The summed E-state index contributed by atoms with van der Waals surface area (Å²) in [6.45, 7) is 1.82. The van der Waals surface area contributed by atoms with Gasteiger partial charge in [-0.3, -0.25) is 9.78 Å². The smallest absolute Gasteiger partial charge is 0.153 e. The van der Waals surface area contributed by atoms with Crippen molar-refractivity contribution in [2.75, 3.05) is 0 Å². The molecule has 0 saturated heterocycles. The fourth-order valence-corrected chi connectivity index (χ4v) is 3.48. The lowest BCUT2D eigenvalue weighted by atomic mass is 10.00. The highest BCUT2D eigenvalue weighted by molar-refractivity contribution is 5.93. The summed E-state index contributed by atoms with van der Waals surface area (Å²) in [6, 6.07) is 14.7. The van der Waals surface area contributed by atoms with Crippen molar-refractivity contribution in [2.24, 2.45) is 5.73 Å². The van der Waals surface area contributed by atoms with Crippen molar-refractivity contribution in [3.8, 4) is 16.9 Å². The van der Waals surface area contributed by atoms with Crippen molar-refractivity contribution in [2.45, 2.75) is 26.5 Å². The molecule has 5 nitrogen and oxygen atoms in total. The van der Waals surface area contributed by atoms with Crippen LogP contribution in [0.2, 0.25) is 0 Å². The van der Waals surface area contributed by atoms with Crippen LogP contribution in [-0.4, -0.2) is 10.8 Å². The largest absolute Gasteiger partial charge is 0.489 e. The molecule has 4 rings (SSSR count). The predicted octanol–water partition coefficient (Wildman–Crippen LogP) is 4.80. The Kier molecular flexibility index (Phi) is 5.59. The first-order chi connectivity index (χ1) is 14.6. The molecule has 0 spiro atoms. The topological polar surface area (TPSA) is 78.3 Å². The van der Waals surface area contributed by atoms with Crippen LogP contribution in [0.1, 0.15) is 23.7 Å². The van der Waals surface area contributed by atoms with Crippen LogP contribution in [0.25, 0.3) is 22.1 Å². The van der Waals surface area contributed by atoms with Crippen molar-refractivity contribution in [1.82, 2.24) is 4.98 Å². The number of hydrogen-bond donors (Lipinski definition) is 1. The van der Waals surface area contributed by atoms with Crippen molar-refractivity contribution >= 4 is 16.8 Å². The summed E-state index contributed by atoms with van der Waals surface area (Å²) in [7, 11) is 0. The average Bonchev–Trinajstić information content (AvgIpc) is 3.21. The van der Waals surface area contributed by atoms with E-state index in [1.165, 1.54) is 6.20 Å². The first-order valence-electron chi connectivity index (χ1n) is 9.61. The minimum atomic E-state index is -0.456. The monoisotopic (exact) mass is 404 g/mol. The molecule has 0 aliphatic heterocycles. The number of halogens is 1. The average molecular weight is 404 g/mol. The Hall–Kier alpha value is -3.51. The number of nitrogens with two attached hydrogens (primary N) is 1. The van der Waals surface area contributed by atoms with Crippen molar-refractivity contribution in [3.63, 3.8) is 0 Å². The van der Waals surface area contributed by atoms with Crippen molar-refractivity contribution in [3.05, 3.63) is 83.6 Å². The zero-order chi connectivity index (χ0) is 21.1. The summed E-state index contributed by atoms with van der Waals surface area (Å²) in [5.41, 5.74) is 9.08. The Labute approximate surface area is 173 Å². The van der Waals surface area contributed by atoms with E-state index in [4.69, 9.17) is 14.9 Å². The van der Waals surface area contributed by atoms with Crippen LogP contribution in [0, 0.1) is 5.82 Å². The maximum atomic E-state index is 14.9. The highest BCUT2D eigenvalue weighted by Gasteiger charge is 2.16. The minimum absolute atomic E-state index is 0.0106. The second-order valence-corrected chi connectivity index (χ2v) is 7.08. The van der Waals surface area contributed by atoms with Crippen molar-refractivity contribution < 1.29 is 18.3 Å². The van der Waals surface area contributed by atoms with Crippen LogP contribution in [0.15, 0.2) is 65.4 Å². The van der Waals surface area contributed by atoms with Crippen LogP contribution in [0.5, 0.6) is 5.75 Å². The number of carbonyl (C=O) groups excluding carboxylic acids is 1. The number of hydrogen-bond acceptors (Lipinski definition) is 5. The first-order valence-corrected chi connectivity index (χ1v) is 9.61. The fourth-order valence-electron chi connectivity index (χ4n) is 3.48. The normalized spacial score (nSPS) is 11.0. The zero-order valence-electron chi connectivity index (χ0n) is 16.5. The highest BCUT2D eigenvalue weighted by Crippen LogP contribution is 2.33. The Morgan fingerprint density at radius 1 is 1.17 bits per heavy atom. The third-order valence-electron chi connectivity index (χ3n) is 4.86. The molecule has 0 amide bonds. The van der Waals surface area contributed by atoms with Gasteiger partial charge in [-0.25, -0.2) is 4.39 Å². The summed E-state index contributed by atoms with van der Waals surface area (Å²) < 4.78 is 26.5. The van der Waals surface area contributed by atoms with Gasteiger partial charge in [0.15, 0.2) is 5.82 Å². The molecule has 0 aliphatic carbocycles. The minimum Gasteiger partial charge on any atom is -0.489 e.